The van der Waals surface area contributed by atoms with Crippen LogP contribution in [0.1, 0.15) is 62.4 Å². The van der Waals surface area contributed by atoms with Crippen molar-refractivity contribution >= 4 is 54.1 Å². The van der Waals surface area contributed by atoms with E-state index in [1.807, 2.05) is 11.3 Å². The predicted octanol–water partition coefficient (Wildman–Crippen LogP) is 9.17. The van der Waals surface area contributed by atoms with Gasteiger partial charge in [-0.25, -0.2) is 0 Å². The monoisotopic (exact) mass is 423 g/mol. The maximum atomic E-state index is 3.61. The Hall–Kier alpha value is -2.84. The molecule has 1 nitrogen and oxygen atoms in total. The van der Waals surface area contributed by atoms with Crippen LogP contribution >= 0.6 is 11.3 Å². The standard InChI is InChI=1S/C29H29NS/c1-5-18(3)20-12-9-14-23-24-15-10-13-21(29(24)31-28(20)23)19(4)17-25-22-11-7-8-16-27(22)30-26(25)6-2/h7-18,30H,5-6H2,1-4H3/b19-17+. The Morgan fingerprint density at radius 2 is 1.61 bits per heavy atom. The summed E-state index contributed by atoms with van der Waals surface area (Å²) in [5.41, 5.74) is 8.01. The minimum atomic E-state index is 0.579. The fourth-order valence-electron chi connectivity index (χ4n) is 4.72. The zero-order valence-electron chi connectivity index (χ0n) is 18.8. The van der Waals surface area contributed by atoms with Gasteiger partial charge in [-0.2, -0.15) is 0 Å². The molecule has 156 valence electrons. The minimum absolute atomic E-state index is 0.579. The van der Waals surface area contributed by atoms with Crippen LogP contribution < -0.4 is 0 Å². The molecule has 5 aromatic rings. The van der Waals surface area contributed by atoms with Gasteiger partial charge in [0.1, 0.15) is 0 Å². The van der Waals surface area contributed by atoms with Crippen molar-refractivity contribution in [1.82, 2.24) is 4.98 Å². The molecule has 2 aromatic heterocycles. The number of aromatic amines is 1. The van der Waals surface area contributed by atoms with Crippen molar-refractivity contribution in [1.29, 1.82) is 0 Å². The Morgan fingerprint density at radius 3 is 2.39 bits per heavy atom. The lowest BCUT2D eigenvalue weighted by molar-refractivity contribution is 0.740. The summed E-state index contributed by atoms with van der Waals surface area (Å²) >= 11 is 1.96. The van der Waals surface area contributed by atoms with E-state index in [0.717, 1.165) is 6.42 Å². The second-order valence-electron chi connectivity index (χ2n) is 8.56. The van der Waals surface area contributed by atoms with Crippen LogP contribution in [0.5, 0.6) is 0 Å². The second kappa shape index (κ2) is 8.01. The average molecular weight is 424 g/mol. The van der Waals surface area contributed by atoms with Crippen molar-refractivity contribution < 1.29 is 0 Å². The highest BCUT2D eigenvalue weighted by atomic mass is 32.1. The van der Waals surface area contributed by atoms with Gasteiger partial charge in [-0.05, 0) is 54.5 Å². The molecule has 0 spiro atoms. The number of thiophene rings is 1. The van der Waals surface area contributed by atoms with Crippen LogP contribution in [0.15, 0.2) is 60.7 Å². The average Bonchev–Trinajstić information content (AvgIpc) is 3.36. The third kappa shape index (κ3) is 3.30. The largest absolute Gasteiger partial charge is 0.358 e. The molecule has 0 radical (unpaired) electrons. The molecule has 0 aliphatic rings. The maximum Gasteiger partial charge on any atom is 0.0462 e. The molecule has 0 fully saturated rings. The molecule has 1 unspecified atom stereocenters. The molecule has 1 N–H and O–H groups in total. The van der Waals surface area contributed by atoms with Gasteiger partial charge in [0, 0.05) is 42.3 Å². The van der Waals surface area contributed by atoms with Crippen molar-refractivity contribution in [2.24, 2.45) is 0 Å². The molecule has 0 aliphatic heterocycles. The molecule has 0 saturated heterocycles. The van der Waals surface area contributed by atoms with Gasteiger partial charge in [0.05, 0.1) is 0 Å². The number of benzene rings is 3. The highest BCUT2D eigenvalue weighted by molar-refractivity contribution is 7.26. The van der Waals surface area contributed by atoms with Crippen LogP contribution in [0, 0.1) is 0 Å². The van der Waals surface area contributed by atoms with E-state index in [1.165, 1.54) is 65.5 Å². The van der Waals surface area contributed by atoms with Gasteiger partial charge in [-0.1, -0.05) is 75.4 Å². The normalized spacial score (nSPS) is 13.5. The lowest BCUT2D eigenvalue weighted by Crippen LogP contribution is -1.90. The number of para-hydroxylation sites is 1. The Bertz CT molecular complexity index is 1430. The number of hydrogen-bond donors (Lipinski definition) is 1. The van der Waals surface area contributed by atoms with Gasteiger partial charge >= 0.3 is 0 Å². The Labute approximate surface area is 188 Å². The Kier molecular flexibility index (Phi) is 5.19. The molecular weight excluding hydrogens is 394 g/mol. The van der Waals surface area contributed by atoms with Gasteiger partial charge in [0.2, 0.25) is 0 Å². The van der Waals surface area contributed by atoms with Crippen LogP contribution in [0.4, 0.5) is 0 Å². The fraction of sp³-hybridized carbons (Fsp3) is 0.241. The van der Waals surface area contributed by atoms with Crippen molar-refractivity contribution in [2.45, 2.75) is 46.5 Å². The summed E-state index contributed by atoms with van der Waals surface area (Å²) in [5.74, 6) is 0.579. The summed E-state index contributed by atoms with van der Waals surface area (Å²) in [6, 6.07) is 22.2. The summed E-state index contributed by atoms with van der Waals surface area (Å²) in [6.07, 6.45) is 4.55. The third-order valence-corrected chi connectivity index (χ3v) is 7.97. The predicted molar refractivity (Wildman–Crippen MR) is 139 cm³/mol. The number of nitrogens with one attached hydrogen (secondary N) is 1. The first-order valence-electron chi connectivity index (χ1n) is 11.3. The Balaban J connectivity index is 1.72. The smallest absolute Gasteiger partial charge is 0.0462 e. The van der Waals surface area contributed by atoms with E-state index in [0.29, 0.717) is 5.92 Å². The molecule has 2 heterocycles. The first-order valence-corrected chi connectivity index (χ1v) is 12.2. The van der Waals surface area contributed by atoms with Gasteiger partial charge in [0.25, 0.3) is 0 Å². The highest BCUT2D eigenvalue weighted by Crippen LogP contribution is 2.42. The van der Waals surface area contributed by atoms with E-state index in [-0.39, 0.29) is 0 Å². The van der Waals surface area contributed by atoms with Crippen LogP contribution in [-0.4, -0.2) is 4.98 Å². The highest BCUT2D eigenvalue weighted by Gasteiger charge is 2.15. The zero-order valence-corrected chi connectivity index (χ0v) is 19.6. The van der Waals surface area contributed by atoms with Crippen molar-refractivity contribution in [2.75, 3.05) is 0 Å². The van der Waals surface area contributed by atoms with E-state index in [1.54, 1.807) is 0 Å². The number of aromatic nitrogens is 1. The van der Waals surface area contributed by atoms with Crippen molar-refractivity contribution in [3.63, 3.8) is 0 Å². The molecule has 31 heavy (non-hydrogen) atoms. The lowest BCUT2D eigenvalue weighted by Gasteiger charge is -2.09. The molecule has 0 saturated carbocycles. The third-order valence-electron chi connectivity index (χ3n) is 6.67. The van der Waals surface area contributed by atoms with Crippen LogP contribution in [-0.2, 0) is 6.42 Å². The second-order valence-corrected chi connectivity index (χ2v) is 9.58. The number of rotatable bonds is 5. The van der Waals surface area contributed by atoms with E-state index >= 15 is 0 Å². The fourth-order valence-corrected chi connectivity index (χ4v) is 6.22. The summed E-state index contributed by atoms with van der Waals surface area (Å²) in [7, 11) is 0. The van der Waals surface area contributed by atoms with E-state index < -0.39 is 0 Å². The molecule has 5 rings (SSSR count). The van der Waals surface area contributed by atoms with Crippen molar-refractivity contribution in [3.05, 3.63) is 83.0 Å². The number of aryl methyl sites for hydroxylation is 1. The van der Waals surface area contributed by atoms with Crippen molar-refractivity contribution in [3.8, 4) is 0 Å². The number of allylic oxidation sites excluding steroid dienone is 1. The van der Waals surface area contributed by atoms with Gasteiger partial charge in [-0.3, -0.25) is 0 Å². The number of H-pyrrole nitrogens is 1. The molecule has 0 aliphatic carbocycles. The van der Waals surface area contributed by atoms with Gasteiger partial charge in [0.15, 0.2) is 0 Å². The zero-order chi connectivity index (χ0) is 21.5. The molecule has 3 aromatic carbocycles. The molecule has 1 atom stereocenters. The first kappa shape index (κ1) is 20.1. The SMILES string of the molecule is CCc1[nH]c2ccccc2c1/C=C(\C)c1cccc2c1sc1c(C(C)CC)cccc12. The lowest BCUT2D eigenvalue weighted by atomic mass is 9.96. The van der Waals surface area contributed by atoms with E-state index in [9.17, 15) is 0 Å². The van der Waals surface area contributed by atoms with Crippen LogP contribution in [0.3, 0.4) is 0 Å². The van der Waals surface area contributed by atoms with Gasteiger partial charge in [-0.15, -0.1) is 11.3 Å². The maximum absolute atomic E-state index is 3.61. The summed E-state index contributed by atoms with van der Waals surface area (Å²) < 4.78 is 2.85. The van der Waals surface area contributed by atoms with Crippen LogP contribution in [0.2, 0.25) is 0 Å². The molecular formula is C29H29NS. The molecule has 0 bridgehead atoms. The number of fused-ring (bicyclic) bond motifs is 4. The number of hydrogen-bond acceptors (Lipinski definition) is 1. The topological polar surface area (TPSA) is 15.8 Å². The summed E-state index contributed by atoms with van der Waals surface area (Å²) in [6.45, 7) is 9.10. The quantitative estimate of drug-likeness (QED) is 0.290. The van der Waals surface area contributed by atoms with Gasteiger partial charge < -0.3 is 4.98 Å². The molecule has 0 amide bonds. The Morgan fingerprint density at radius 1 is 0.903 bits per heavy atom. The summed E-state index contributed by atoms with van der Waals surface area (Å²) in [4.78, 5) is 3.61. The first-order chi connectivity index (χ1) is 15.1. The minimum Gasteiger partial charge on any atom is -0.358 e. The molecule has 2 heteroatoms. The van der Waals surface area contributed by atoms with E-state index in [4.69, 9.17) is 0 Å². The van der Waals surface area contributed by atoms with E-state index in [2.05, 4.69) is 99.4 Å². The summed E-state index contributed by atoms with van der Waals surface area (Å²) in [5, 5.41) is 4.08. The van der Waals surface area contributed by atoms with Crippen LogP contribution in [0.25, 0.3) is 42.7 Å².